The molecule has 0 unspecified atom stereocenters. The zero-order valence-electron chi connectivity index (χ0n) is 8.57. The van der Waals surface area contributed by atoms with Crippen LogP contribution in [0.25, 0.3) is 0 Å². The van der Waals surface area contributed by atoms with Gasteiger partial charge in [-0.2, -0.15) is 0 Å². The summed E-state index contributed by atoms with van der Waals surface area (Å²) in [6, 6.07) is 0.578. The molecule has 0 aliphatic carbocycles. The molecule has 0 spiro atoms. The Morgan fingerprint density at radius 2 is 2.36 bits per heavy atom. The van der Waals surface area contributed by atoms with E-state index in [1.165, 1.54) is 5.69 Å². The van der Waals surface area contributed by atoms with E-state index in [9.17, 15) is 0 Å². The molecule has 1 N–H and O–H groups in total. The van der Waals surface area contributed by atoms with Gasteiger partial charge in [0, 0.05) is 32.0 Å². The van der Waals surface area contributed by atoms with Crippen LogP contribution in [0, 0.1) is 0 Å². The average molecular weight is 195 g/mol. The zero-order chi connectivity index (χ0) is 9.80. The summed E-state index contributed by atoms with van der Waals surface area (Å²) < 4.78 is 7.63. The monoisotopic (exact) mass is 195 g/mol. The molecular weight excluding hydrogens is 178 g/mol. The summed E-state index contributed by atoms with van der Waals surface area (Å²) in [6.07, 6.45) is 6.08. The Labute approximate surface area is 84.3 Å². The molecule has 0 bridgehead atoms. The largest absolute Gasteiger partial charge is 0.381 e. The average Bonchev–Trinajstić information content (AvgIpc) is 2.68. The fraction of sp³-hybridized carbons (Fsp3) is 0.700. The quantitative estimate of drug-likeness (QED) is 0.780. The predicted molar refractivity (Wildman–Crippen MR) is 54.1 cm³/mol. The molecule has 1 aromatic rings. The summed E-state index contributed by atoms with van der Waals surface area (Å²) in [6.45, 7) is 2.64. The van der Waals surface area contributed by atoms with Crippen molar-refractivity contribution in [3.63, 3.8) is 0 Å². The summed E-state index contributed by atoms with van der Waals surface area (Å²) in [5.41, 5.74) is 1.26. The van der Waals surface area contributed by atoms with Crippen molar-refractivity contribution in [2.24, 2.45) is 0 Å². The first-order chi connectivity index (χ1) is 6.92. The second-order valence-corrected chi connectivity index (χ2v) is 3.67. The number of hydrogen-bond acceptors (Lipinski definition) is 3. The van der Waals surface area contributed by atoms with E-state index in [0.29, 0.717) is 6.04 Å². The molecule has 0 aromatic carbocycles. The van der Waals surface area contributed by atoms with Crippen molar-refractivity contribution in [3.8, 4) is 0 Å². The summed E-state index contributed by atoms with van der Waals surface area (Å²) in [5, 5.41) is 3.16. The molecular formula is C10H17N3O. The van der Waals surface area contributed by atoms with Gasteiger partial charge in [0.05, 0.1) is 12.0 Å². The van der Waals surface area contributed by atoms with E-state index in [2.05, 4.69) is 14.9 Å². The third-order valence-electron chi connectivity index (χ3n) is 2.69. The summed E-state index contributed by atoms with van der Waals surface area (Å²) >= 11 is 0. The SMILES string of the molecule is CNCc1cncn1C1CCOCC1. The molecule has 2 heterocycles. The second-order valence-electron chi connectivity index (χ2n) is 3.67. The van der Waals surface area contributed by atoms with Crippen molar-refractivity contribution in [1.82, 2.24) is 14.9 Å². The van der Waals surface area contributed by atoms with E-state index in [0.717, 1.165) is 32.6 Å². The third-order valence-corrected chi connectivity index (χ3v) is 2.69. The van der Waals surface area contributed by atoms with E-state index < -0.39 is 0 Å². The standard InChI is InChI=1S/C10H17N3O/c1-11-6-10-7-12-8-13(10)9-2-4-14-5-3-9/h7-9,11H,2-6H2,1H3. The van der Waals surface area contributed by atoms with E-state index in [1.807, 2.05) is 19.6 Å². The molecule has 1 aliphatic rings. The van der Waals surface area contributed by atoms with Crippen LogP contribution in [-0.2, 0) is 11.3 Å². The molecule has 0 amide bonds. The first-order valence-electron chi connectivity index (χ1n) is 5.15. The maximum Gasteiger partial charge on any atom is 0.0951 e. The minimum Gasteiger partial charge on any atom is -0.381 e. The summed E-state index contributed by atoms with van der Waals surface area (Å²) in [5.74, 6) is 0. The topological polar surface area (TPSA) is 39.1 Å². The van der Waals surface area contributed by atoms with Gasteiger partial charge < -0.3 is 14.6 Å². The molecule has 0 saturated carbocycles. The van der Waals surface area contributed by atoms with Crippen LogP contribution in [0.2, 0.25) is 0 Å². The van der Waals surface area contributed by atoms with Gasteiger partial charge in [0.2, 0.25) is 0 Å². The fourth-order valence-electron chi connectivity index (χ4n) is 1.94. The number of nitrogens with zero attached hydrogens (tertiary/aromatic N) is 2. The molecule has 4 heteroatoms. The zero-order valence-corrected chi connectivity index (χ0v) is 8.57. The molecule has 14 heavy (non-hydrogen) atoms. The smallest absolute Gasteiger partial charge is 0.0951 e. The van der Waals surface area contributed by atoms with Crippen molar-refractivity contribution < 1.29 is 4.74 Å². The Hall–Kier alpha value is -0.870. The van der Waals surface area contributed by atoms with Crippen LogP contribution in [0.15, 0.2) is 12.5 Å². The maximum absolute atomic E-state index is 5.35. The highest BCUT2D eigenvalue weighted by Gasteiger charge is 2.17. The molecule has 1 aromatic heterocycles. The van der Waals surface area contributed by atoms with Gasteiger partial charge in [0.25, 0.3) is 0 Å². The Bertz CT molecular complexity index is 279. The van der Waals surface area contributed by atoms with E-state index in [1.54, 1.807) is 0 Å². The lowest BCUT2D eigenvalue weighted by Crippen LogP contribution is -2.22. The molecule has 1 fully saturated rings. The number of rotatable bonds is 3. The Kier molecular flexibility index (Phi) is 3.16. The van der Waals surface area contributed by atoms with Crippen LogP contribution in [-0.4, -0.2) is 29.8 Å². The van der Waals surface area contributed by atoms with E-state index >= 15 is 0 Å². The minimum atomic E-state index is 0.578. The summed E-state index contributed by atoms with van der Waals surface area (Å²) in [4.78, 5) is 4.20. The maximum atomic E-state index is 5.35. The van der Waals surface area contributed by atoms with Crippen LogP contribution >= 0.6 is 0 Å². The number of ether oxygens (including phenoxy) is 1. The highest BCUT2D eigenvalue weighted by Crippen LogP contribution is 2.22. The molecule has 0 radical (unpaired) electrons. The molecule has 2 rings (SSSR count). The van der Waals surface area contributed by atoms with Crippen molar-refractivity contribution in [2.75, 3.05) is 20.3 Å². The lowest BCUT2D eigenvalue weighted by molar-refractivity contribution is 0.0688. The Morgan fingerprint density at radius 3 is 3.07 bits per heavy atom. The molecule has 0 atom stereocenters. The van der Waals surface area contributed by atoms with Gasteiger partial charge in [-0.05, 0) is 19.9 Å². The van der Waals surface area contributed by atoms with Gasteiger partial charge in [-0.3, -0.25) is 0 Å². The van der Waals surface area contributed by atoms with Gasteiger partial charge >= 0.3 is 0 Å². The Balaban J connectivity index is 2.09. The summed E-state index contributed by atoms with van der Waals surface area (Å²) in [7, 11) is 1.96. The fourth-order valence-corrected chi connectivity index (χ4v) is 1.94. The van der Waals surface area contributed by atoms with Crippen LogP contribution in [0.4, 0.5) is 0 Å². The third kappa shape index (κ3) is 1.96. The van der Waals surface area contributed by atoms with Gasteiger partial charge in [-0.15, -0.1) is 0 Å². The second kappa shape index (κ2) is 4.57. The Morgan fingerprint density at radius 1 is 1.57 bits per heavy atom. The van der Waals surface area contributed by atoms with Crippen LogP contribution < -0.4 is 5.32 Å². The highest BCUT2D eigenvalue weighted by molar-refractivity contribution is 5.00. The number of imidazole rings is 1. The van der Waals surface area contributed by atoms with Crippen molar-refractivity contribution in [1.29, 1.82) is 0 Å². The number of nitrogens with one attached hydrogen (secondary N) is 1. The van der Waals surface area contributed by atoms with E-state index in [-0.39, 0.29) is 0 Å². The lowest BCUT2D eigenvalue weighted by Gasteiger charge is -2.24. The van der Waals surface area contributed by atoms with Crippen molar-refractivity contribution in [2.45, 2.75) is 25.4 Å². The van der Waals surface area contributed by atoms with E-state index in [4.69, 9.17) is 4.74 Å². The minimum absolute atomic E-state index is 0.578. The van der Waals surface area contributed by atoms with Gasteiger partial charge in [0.15, 0.2) is 0 Å². The van der Waals surface area contributed by atoms with Gasteiger partial charge in [0.1, 0.15) is 0 Å². The predicted octanol–water partition coefficient (Wildman–Crippen LogP) is 0.954. The molecule has 78 valence electrons. The van der Waals surface area contributed by atoms with Gasteiger partial charge in [-0.1, -0.05) is 0 Å². The first-order valence-corrected chi connectivity index (χ1v) is 5.15. The van der Waals surface area contributed by atoms with Crippen molar-refractivity contribution >= 4 is 0 Å². The number of hydrogen-bond donors (Lipinski definition) is 1. The highest BCUT2D eigenvalue weighted by atomic mass is 16.5. The molecule has 1 aliphatic heterocycles. The normalized spacial score (nSPS) is 18.6. The van der Waals surface area contributed by atoms with Crippen LogP contribution in [0.3, 0.4) is 0 Å². The lowest BCUT2D eigenvalue weighted by atomic mass is 10.1. The van der Waals surface area contributed by atoms with Gasteiger partial charge in [-0.25, -0.2) is 4.98 Å². The number of aromatic nitrogens is 2. The van der Waals surface area contributed by atoms with Crippen LogP contribution in [0.1, 0.15) is 24.6 Å². The molecule has 4 nitrogen and oxygen atoms in total. The molecule has 1 saturated heterocycles. The van der Waals surface area contributed by atoms with Crippen molar-refractivity contribution in [3.05, 3.63) is 18.2 Å². The van der Waals surface area contributed by atoms with Crippen LogP contribution in [0.5, 0.6) is 0 Å². The first kappa shape index (κ1) is 9.68.